The summed E-state index contributed by atoms with van der Waals surface area (Å²) in [7, 11) is 0. The van der Waals surface area contributed by atoms with Crippen LogP contribution in [0.1, 0.15) is 20.8 Å². The zero-order valence-electron chi connectivity index (χ0n) is 16.6. The van der Waals surface area contributed by atoms with Crippen LogP contribution in [0.5, 0.6) is 5.75 Å². The molecule has 0 aliphatic rings. The van der Waals surface area contributed by atoms with E-state index in [1.54, 1.807) is 6.33 Å². The molecule has 7 heteroatoms. The zero-order chi connectivity index (χ0) is 20.4. The highest BCUT2D eigenvalue weighted by Gasteiger charge is 2.19. The number of rotatable bonds is 5. The molecule has 0 aliphatic carbocycles. The van der Waals surface area contributed by atoms with Gasteiger partial charge in [-0.1, -0.05) is 17.3 Å². The van der Waals surface area contributed by atoms with Crippen molar-refractivity contribution in [2.75, 3.05) is 12.5 Å². The maximum Gasteiger partial charge on any atom is 0.197 e. The van der Waals surface area contributed by atoms with Crippen LogP contribution in [0.4, 0.5) is 0 Å². The molecule has 29 heavy (non-hydrogen) atoms. The molecule has 0 radical (unpaired) electrons. The van der Waals surface area contributed by atoms with E-state index in [1.165, 1.54) is 0 Å². The predicted molar refractivity (Wildman–Crippen MR) is 113 cm³/mol. The van der Waals surface area contributed by atoms with Gasteiger partial charge in [0.15, 0.2) is 16.9 Å². The first-order valence-electron chi connectivity index (χ1n) is 9.36. The molecule has 0 atom stereocenters. The van der Waals surface area contributed by atoms with E-state index in [2.05, 4.69) is 10.1 Å². The van der Waals surface area contributed by atoms with Crippen LogP contribution in [0.15, 0.2) is 64.6 Å². The molecule has 0 N–H and O–H groups in total. The fourth-order valence-electron chi connectivity index (χ4n) is 2.91. The minimum atomic E-state index is -0.457. The summed E-state index contributed by atoms with van der Waals surface area (Å²) in [5, 5.41) is 5.78. The van der Waals surface area contributed by atoms with Crippen LogP contribution in [-0.2, 0) is 4.84 Å². The highest BCUT2D eigenvalue weighted by Crippen LogP contribution is 2.30. The number of ether oxygens (including phenoxy) is 1. The number of benzene rings is 1. The maximum atomic E-state index is 6.22. The Bertz CT molecular complexity index is 1220. The second-order valence-electron chi connectivity index (χ2n) is 7.55. The summed E-state index contributed by atoms with van der Waals surface area (Å²) < 4.78 is 14.1. The third-order valence-corrected chi connectivity index (χ3v) is 4.31. The molecular weight excluding hydrogens is 390 g/mol. The second kappa shape index (κ2) is 7.79. The van der Waals surface area contributed by atoms with Crippen LogP contribution in [0.2, 0.25) is 0 Å². The maximum absolute atomic E-state index is 6.22. The normalized spacial score (nSPS) is 12.6. The number of halogens is 1. The van der Waals surface area contributed by atoms with Crippen LogP contribution in [-0.4, -0.2) is 27.5 Å². The molecule has 3 aromatic heterocycles. The van der Waals surface area contributed by atoms with Crippen molar-refractivity contribution in [3.05, 3.63) is 60.3 Å². The van der Waals surface area contributed by atoms with Crippen molar-refractivity contribution in [3.63, 3.8) is 0 Å². The minimum absolute atomic E-state index is 0.299. The van der Waals surface area contributed by atoms with Gasteiger partial charge in [-0.15, -0.1) is 11.6 Å². The van der Waals surface area contributed by atoms with E-state index in [1.807, 2.05) is 73.8 Å². The Balaban J connectivity index is 2.01. The first kappa shape index (κ1) is 19.3. The van der Waals surface area contributed by atoms with Gasteiger partial charge in [-0.2, -0.15) is 0 Å². The summed E-state index contributed by atoms with van der Waals surface area (Å²) >= 11 is 5.90. The minimum Gasteiger partial charge on any atom is -0.486 e. The van der Waals surface area contributed by atoms with Gasteiger partial charge >= 0.3 is 0 Å². The number of hydrogen-bond donors (Lipinski definition) is 0. The molecule has 0 saturated carbocycles. The van der Waals surface area contributed by atoms with E-state index in [4.69, 9.17) is 25.6 Å². The fourth-order valence-corrected chi connectivity index (χ4v) is 2.99. The van der Waals surface area contributed by atoms with Crippen molar-refractivity contribution in [1.82, 2.24) is 9.38 Å². The molecule has 6 nitrogen and oxygen atoms in total. The van der Waals surface area contributed by atoms with Crippen molar-refractivity contribution < 1.29 is 14.0 Å². The van der Waals surface area contributed by atoms with Gasteiger partial charge in [0, 0.05) is 11.7 Å². The lowest BCUT2D eigenvalue weighted by Crippen LogP contribution is -2.20. The molecule has 3 heterocycles. The molecule has 0 bridgehead atoms. The number of aromatic nitrogens is 2. The van der Waals surface area contributed by atoms with Gasteiger partial charge in [-0.05, 0) is 51.1 Å². The predicted octanol–water partition coefficient (Wildman–Crippen LogP) is 5.00. The average molecular weight is 412 g/mol. The van der Waals surface area contributed by atoms with Gasteiger partial charge < -0.3 is 18.4 Å². The van der Waals surface area contributed by atoms with E-state index in [9.17, 15) is 0 Å². The molecule has 0 fully saturated rings. The van der Waals surface area contributed by atoms with Gasteiger partial charge in [-0.25, -0.2) is 4.98 Å². The fraction of sp³-hybridized carbons (Fsp3) is 0.273. The summed E-state index contributed by atoms with van der Waals surface area (Å²) in [5.74, 6) is 1.27. The van der Waals surface area contributed by atoms with Crippen molar-refractivity contribution in [3.8, 4) is 17.2 Å². The van der Waals surface area contributed by atoms with E-state index in [0.717, 1.165) is 10.9 Å². The van der Waals surface area contributed by atoms with E-state index in [0.29, 0.717) is 40.6 Å². The van der Waals surface area contributed by atoms with Crippen molar-refractivity contribution in [1.29, 1.82) is 0 Å². The smallest absolute Gasteiger partial charge is 0.197 e. The molecule has 1 aromatic carbocycles. The molecule has 0 spiro atoms. The van der Waals surface area contributed by atoms with Gasteiger partial charge in [0.25, 0.3) is 0 Å². The van der Waals surface area contributed by atoms with Gasteiger partial charge in [-0.3, -0.25) is 0 Å². The number of para-hydroxylation sites is 1. The Morgan fingerprint density at radius 2 is 2.00 bits per heavy atom. The van der Waals surface area contributed by atoms with Crippen LogP contribution in [0.25, 0.3) is 27.9 Å². The highest BCUT2D eigenvalue weighted by molar-refractivity contribution is 6.18. The number of alkyl halides is 1. The summed E-state index contributed by atoms with van der Waals surface area (Å²) in [6.45, 7) is 6.12. The van der Waals surface area contributed by atoms with Gasteiger partial charge in [0.05, 0.1) is 17.6 Å². The summed E-state index contributed by atoms with van der Waals surface area (Å²) in [4.78, 5) is 10.3. The first-order valence-corrected chi connectivity index (χ1v) is 9.89. The van der Waals surface area contributed by atoms with E-state index < -0.39 is 5.60 Å². The van der Waals surface area contributed by atoms with Crippen LogP contribution in [0.3, 0.4) is 0 Å². The Hall–Kier alpha value is -2.99. The van der Waals surface area contributed by atoms with Crippen LogP contribution in [0, 0.1) is 0 Å². The third kappa shape index (κ3) is 4.07. The molecular formula is C22H22ClN3O3. The lowest BCUT2D eigenvalue weighted by atomic mass is 10.1. The molecule has 0 saturated heterocycles. The second-order valence-corrected chi connectivity index (χ2v) is 7.93. The Kier molecular flexibility index (Phi) is 5.20. The largest absolute Gasteiger partial charge is 0.486 e. The SMILES string of the molecule is CC(C)(C)ON=c1c(OCCCl)c(-c2cc3cccn3cn2)oc2ccccc12. The van der Waals surface area contributed by atoms with Crippen molar-refractivity contribution in [2.24, 2.45) is 5.16 Å². The standard InChI is InChI=1S/C22H22ClN3O3/c1-22(2,3)29-25-19-16-8-4-5-9-18(16)28-20(21(19)27-12-10-23)17-13-15-7-6-11-26(15)14-24-17/h4-9,11,13-14H,10,12H2,1-3H3. The van der Waals surface area contributed by atoms with Gasteiger partial charge in [0.2, 0.25) is 0 Å². The summed E-state index contributed by atoms with van der Waals surface area (Å²) in [6.07, 6.45) is 3.68. The van der Waals surface area contributed by atoms with Gasteiger partial charge in [0.1, 0.15) is 23.5 Å². The van der Waals surface area contributed by atoms with Crippen LogP contribution >= 0.6 is 11.6 Å². The molecule has 0 amide bonds. The third-order valence-electron chi connectivity index (χ3n) is 4.16. The lowest BCUT2D eigenvalue weighted by molar-refractivity contribution is -0.00637. The highest BCUT2D eigenvalue weighted by atomic mass is 35.5. The molecule has 0 unspecified atom stereocenters. The van der Waals surface area contributed by atoms with Crippen LogP contribution < -0.4 is 10.1 Å². The summed E-state index contributed by atoms with van der Waals surface area (Å²) in [5.41, 5.74) is 1.83. The quantitative estimate of drug-likeness (QED) is 0.342. The molecule has 150 valence electrons. The Labute approximate surface area is 173 Å². The van der Waals surface area contributed by atoms with E-state index in [-0.39, 0.29) is 0 Å². The Morgan fingerprint density at radius 3 is 2.79 bits per heavy atom. The molecule has 0 aliphatic heterocycles. The number of fused-ring (bicyclic) bond motifs is 2. The number of hydrogen-bond acceptors (Lipinski definition) is 5. The van der Waals surface area contributed by atoms with Crippen molar-refractivity contribution >= 4 is 28.1 Å². The molecule has 4 aromatic rings. The summed E-state index contributed by atoms with van der Waals surface area (Å²) in [6, 6.07) is 13.5. The lowest BCUT2D eigenvalue weighted by Gasteiger charge is -2.17. The average Bonchev–Trinajstić information content (AvgIpc) is 3.17. The monoisotopic (exact) mass is 411 g/mol. The van der Waals surface area contributed by atoms with E-state index >= 15 is 0 Å². The molecule has 4 rings (SSSR count). The van der Waals surface area contributed by atoms with Crippen molar-refractivity contribution in [2.45, 2.75) is 26.4 Å². The zero-order valence-corrected chi connectivity index (χ0v) is 17.3. The Morgan fingerprint density at radius 1 is 1.17 bits per heavy atom. The topological polar surface area (TPSA) is 61.3 Å². The number of nitrogens with zero attached hydrogens (tertiary/aromatic N) is 3. The first-order chi connectivity index (χ1) is 14.0.